The minimum Gasteiger partial charge on any atom is -0.327 e. The van der Waals surface area contributed by atoms with E-state index in [2.05, 4.69) is 0 Å². The molecule has 3 atom stereocenters. The maximum Gasteiger partial charge on any atom is 0.243 e. The molecule has 1 heterocycles. The van der Waals surface area contributed by atoms with Crippen molar-refractivity contribution in [1.29, 1.82) is 0 Å². The molecule has 0 radical (unpaired) electrons. The molecule has 2 fully saturated rings. The van der Waals surface area contributed by atoms with Crippen LogP contribution in [0.4, 0.5) is 0 Å². The van der Waals surface area contributed by atoms with Gasteiger partial charge in [0, 0.05) is 19.1 Å². The first-order valence-corrected chi connectivity index (χ1v) is 8.25. The Labute approximate surface area is 126 Å². The monoisotopic (exact) mass is 316 g/mol. The second-order valence-electron chi connectivity index (χ2n) is 5.80. The summed E-state index contributed by atoms with van der Waals surface area (Å²) in [5.74, 6) is 0.800. The van der Waals surface area contributed by atoms with Crippen LogP contribution in [0.3, 0.4) is 0 Å². The van der Waals surface area contributed by atoms with Crippen molar-refractivity contribution in [1.82, 2.24) is 4.31 Å². The molecule has 20 heavy (non-hydrogen) atoms. The Bertz CT molecular complexity index is 591. The third kappa shape index (κ3) is 2.60. The van der Waals surface area contributed by atoms with Crippen molar-refractivity contribution in [2.24, 2.45) is 17.6 Å². The van der Waals surface area contributed by atoms with Crippen LogP contribution >= 0.6 is 12.4 Å². The Morgan fingerprint density at radius 1 is 1.25 bits per heavy atom. The maximum atomic E-state index is 12.6. The van der Waals surface area contributed by atoms with Gasteiger partial charge in [0.1, 0.15) is 0 Å². The van der Waals surface area contributed by atoms with Crippen molar-refractivity contribution in [3.63, 3.8) is 0 Å². The zero-order valence-corrected chi connectivity index (χ0v) is 13.2. The van der Waals surface area contributed by atoms with Crippen LogP contribution in [-0.4, -0.2) is 31.9 Å². The largest absolute Gasteiger partial charge is 0.327 e. The smallest absolute Gasteiger partial charge is 0.243 e. The summed E-state index contributed by atoms with van der Waals surface area (Å²) in [7, 11) is -3.35. The molecule has 0 bridgehead atoms. The van der Waals surface area contributed by atoms with Crippen molar-refractivity contribution < 1.29 is 8.42 Å². The lowest BCUT2D eigenvalue weighted by atomic mass is 9.98. The average molecular weight is 317 g/mol. The zero-order valence-electron chi connectivity index (χ0n) is 11.5. The van der Waals surface area contributed by atoms with Gasteiger partial charge in [0.15, 0.2) is 0 Å². The van der Waals surface area contributed by atoms with Crippen LogP contribution in [-0.2, 0) is 10.0 Å². The summed E-state index contributed by atoms with van der Waals surface area (Å²) in [6.07, 6.45) is 2.10. The number of halogens is 1. The van der Waals surface area contributed by atoms with Crippen molar-refractivity contribution >= 4 is 22.4 Å². The molecule has 0 spiro atoms. The lowest BCUT2D eigenvalue weighted by Gasteiger charge is -2.18. The van der Waals surface area contributed by atoms with Crippen LogP contribution in [0, 0.1) is 18.8 Å². The molecule has 3 rings (SSSR count). The number of rotatable bonds is 2. The number of hydrogen-bond acceptors (Lipinski definition) is 3. The van der Waals surface area contributed by atoms with Crippen LogP contribution in [0.15, 0.2) is 29.2 Å². The molecular formula is C14H21ClN2O2S. The Morgan fingerprint density at radius 3 is 2.65 bits per heavy atom. The Balaban J connectivity index is 0.00000147. The van der Waals surface area contributed by atoms with Gasteiger partial charge in [-0.2, -0.15) is 4.31 Å². The second kappa shape index (κ2) is 5.64. The van der Waals surface area contributed by atoms with Gasteiger partial charge in [0.25, 0.3) is 0 Å². The predicted octanol–water partition coefficient (Wildman–Crippen LogP) is 1.77. The van der Waals surface area contributed by atoms with E-state index in [-0.39, 0.29) is 18.4 Å². The molecule has 2 aliphatic rings. The zero-order chi connectivity index (χ0) is 13.6. The normalized spacial score (nSPS) is 30.0. The van der Waals surface area contributed by atoms with Crippen molar-refractivity contribution in [2.75, 3.05) is 13.1 Å². The number of sulfonamides is 1. The van der Waals surface area contributed by atoms with Crippen molar-refractivity contribution in [3.8, 4) is 0 Å². The number of fused-ring (bicyclic) bond motifs is 1. The summed E-state index contributed by atoms with van der Waals surface area (Å²) in [4.78, 5) is 0.404. The fraction of sp³-hybridized carbons (Fsp3) is 0.571. The molecule has 1 aliphatic carbocycles. The molecule has 0 amide bonds. The summed E-state index contributed by atoms with van der Waals surface area (Å²) in [5.41, 5.74) is 7.04. The van der Waals surface area contributed by atoms with E-state index in [4.69, 9.17) is 5.73 Å². The molecule has 6 heteroatoms. The lowest BCUT2D eigenvalue weighted by Crippen LogP contribution is -2.33. The van der Waals surface area contributed by atoms with Crippen molar-refractivity contribution in [2.45, 2.75) is 30.7 Å². The first-order valence-electron chi connectivity index (χ1n) is 6.81. The molecule has 1 aromatic rings. The lowest BCUT2D eigenvalue weighted by molar-refractivity contribution is 0.427. The van der Waals surface area contributed by atoms with Gasteiger partial charge in [0.2, 0.25) is 10.0 Å². The van der Waals surface area contributed by atoms with Crippen LogP contribution in [0.2, 0.25) is 0 Å². The molecule has 1 aliphatic heterocycles. The van der Waals surface area contributed by atoms with Crippen LogP contribution in [0.25, 0.3) is 0 Å². The van der Waals surface area contributed by atoms with Gasteiger partial charge in [-0.3, -0.25) is 0 Å². The predicted molar refractivity (Wildman–Crippen MR) is 81.4 cm³/mol. The van der Waals surface area contributed by atoms with Gasteiger partial charge >= 0.3 is 0 Å². The van der Waals surface area contributed by atoms with Crippen LogP contribution in [0.1, 0.15) is 18.4 Å². The molecule has 112 valence electrons. The highest BCUT2D eigenvalue weighted by atomic mass is 35.5. The standard InChI is InChI=1S/C14H20N2O2S.ClH/c1-10-3-2-4-12(7-10)19(17,18)16-8-11-5-6-14(15)13(11)9-16;/h2-4,7,11,13-14H,5-6,8-9,15H2,1H3;1H. The van der Waals surface area contributed by atoms with Gasteiger partial charge in [-0.1, -0.05) is 12.1 Å². The highest BCUT2D eigenvalue weighted by Gasteiger charge is 2.44. The van der Waals surface area contributed by atoms with E-state index in [9.17, 15) is 8.42 Å². The Hall–Kier alpha value is -0.620. The van der Waals surface area contributed by atoms with E-state index in [1.54, 1.807) is 22.5 Å². The summed E-state index contributed by atoms with van der Waals surface area (Å²) < 4.78 is 26.8. The molecular weight excluding hydrogens is 296 g/mol. The highest BCUT2D eigenvalue weighted by molar-refractivity contribution is 7.89. The first-order chi connectivity index (χ1) is 8.98. The topological polar surface area (TPSA) is 63.4 Å². The van der Waals surface area contributed by atoms with Gasteiger partial charge in [-0.05, 0) is 49.3 Å². The fourth-order valence-corrected chi connectivity index (χ4v) is 5.03. The molecule has 4 nitrogen and oxygen atoms in total. The maximum absolute atomic E-state index is 12.6. The fourth-order valence-electron chi connectivity index (χ4n) is 3.39. The van der Waals surface area contributed by atoms with Gasteiger partial charge in [-0.15, -0.1) is 12.4 Å². The van der Waals surface area contributed by atoms with Crippen LogP contribution < -0.4 is 5.73 Å². The molecule has 0 aromatic heterocycles. The Kier molecular flexibility index (Phi) is 4.44. The molecule has 3 unspecified atom stereocenters. The summed E-state index contributed by atoms with van der Waals surface area (Å²) in [6.45, 7) is 3.13. The molecule has 1 aromatic carbocycles. The SMILES string of the molecule is Cc1cccc(S(=O)(=O)N2CC3CCC(N)C3C2)c1.Cl. The number of aryl methyl sites for hydroxylation is 1. The summed E-state index contributed by atoms with van der Waals surface area (Å²) >= 11 is 0. The van der Waals surface area contributed by atoms with Gasteiger partial charge in [-0.25, -0.2) is 8.42 Å². The van der Waals surface area contributed by atoms with E-state index in [1.165, 1.54) is 0 Å². The van der Waals surface area contributed by atoms with Crippen LogP contribution in [0.5, 0.6) is 0 Å². The minimum atomic E-state index is -3.35. The average Bonchev–Trinajstić information content (AvgIpc) is 2.92. The third-order valence-electron chi connectivity index (χ3n) is 4.51. The molecule has 2 N–H and O–H groups in total. The van der Waals surface area contributed by atoms with Gasteiger partial charge in [0.05, 0.1) is 4.90 Å². The van der Waals surface area contributed by atoms with E-state index in [0.29, 0.717) is 29.8 Å². The highest BCUT2D eigenvalue weighted by Crippen LogP contribution is 2.39. The second-order valence-corrected chi connectivity index (χ2v) is 7.74. The Morgan fingerprint density at radius 2 is 2.00 bits per heavy atom. The summed E-state index contributed by atoms with van der Waals surface area (Å²) in [6, 6.07) is 7.29. The molecule has 1 saturated carbocycles. The number of nitrogens with two attached hydrogens (primary N) is 1. The van der Waals surface area contributed by atoms with Gasteiger partial charge < -0.3 is 5.73 Å². The van der Waals surface area contributed by atoms with E-state index in [1.807, 2.05) is 13.0 Å². The number of nitrogens with zero attached hydrogens (tertiary/aromatic N) is 1. The minimum absolute atomic E-state index is 0. The van der Waals surface area contributed by atoms with E-state index in [0.717, 1.165) is 18.4 Å². The van der Waals surface area contributed by atoms with Crippen molar-refractivity contribution in [3.05, 3.63) is 29.8 Å². The number of benzene rings is 1. The van der Waals surface area contributed by atoms with E-state index < -0.39 is 10.0 Å². The quantitative estimate of drug-likeness (QED) is 0.904. The number of hydrogen-bond donors (Lipinski definition) is 1. The third-order valence-corrected chi connectivity index (χ3v) is 6.33. The first kappa shape index (κ1) is 15.8. The van der Waals surface area contributed by atoms with E-state index >= 15 is 0 Å². The summed E-state index contributed by atoms with van der Waals surface area (Å²) in [5, 5.41) is 0. The molecule has 1 saturated heterocycles.